The van der Waals surface area contributed by atoms with Gasteiger partial charge in [-0.1, -0.05) is 6.42 Å². The number of benzene rings is 1. The van der Waals surface area contributed by atoms with Crippen LogP contribution < -0.4 is 15.4 Å². The number of carbonyl (C=O) groups excluding carboxylic acids is 4. The van der Waals surface area contributed by atoms with Gasteiger partial charge in [-0.2, -0.15) is 0 Å². The highest BCUT2D eigenvalue weighted by Gasteiger charge is 2.50. The van der Waals surface area contributed by atoms with Gasteiger partial charge in [0.25, 0.3) is 5.91 Å². The molecule has 0 bridgehead atoms. The lowest BCUT2D eigenvalue weighted by Gasteiger charge is -2.29. The normalized spacial score (nSPS) is 25.4. The fourth-order valence-electron chi connectivity index (χ4n) is 6.28. The van der Waals surface area contributed by atoms with E-state index in [0.717, 1.165) is 25.3 Å². The molecule has 3 heterocycles. The highest BCUT2D eigenvalue weighted by Crippen LogP contribution is 2.43. The number of H-pyrrole nitrogens is 1. The number of amides is 3. The van der Waals surface area contributed by atoms with Crippen molar-refractivity contribution < 1.29 is 37.8 Å². The van der Waals surface area contributed by atoms with Crippen LogP contribution >= 0.6 is 0 Å². The SMILES string of the molecule is COc1cc(F)c(F)c2[nH]c(C(=O)N3C[C@@H]4CCC[C@@H]4[C@H]3C(=O)NC(C[C@@H]3CCNC3=O)C(=O)CO)cc12. The predicted molar refractivity (Wildman–Crippen MR) is 130 cm³/mol. The van der Waals surface area contributed by atoms with E-state index in [1.807, 2.05) is 0 Å². The average Bonchev–Trinajstić information content (AvgIpc) is 3.69. The van der Waals surface area contributed by atoms with E-state index in [0.29, 0.717) is 19.5 Å². The van der Waals surface area contributed by atoms with Gasteiger partial charge in [-0.3, -0.25) is 19.2 Å². The lowest BCUT2D eigenvalue weighted by molar-refractivity contribution is -0.133. The van der Waals surface area contributed by atoms with Gasteiger partial charge in [-0.15, -0.1) is 0 Å². The zero-order valence-electron chi connectivity index (χ0n) is 20.9. The van der Waals surface area contributed by atoms with Crippen LogP contribution in [0.3, 0.4) is 0 Å². The average molecular weight is 533 g/mol. The molecule has 12 heteroatoms. The second-order valence-electron chi connectivity index (χ2n) is 10.3. The molecule has 10 nitrogen and oxygen atoms in total. The molecule has 3 amide bonds. The zero-order valence-corrected chi connectivity index (χ0v) is 20.9. The van der Waals surface area contributed by atoms with Crippen LogP contribution in [0.4, 0.5) is 8.78 Å². The topological polar surface area (TPSA) is 141 Å². The third-order valence-corrected chi connectivity index (χ3v) is 8.18. The summed E-state index contributed by atoms with van der Waals surface area (Å²) in [5.41, 5.74) is -0.236. The summed E-state index contributed by atoms with van der Waals surface area (Å²) in [7, 11) is 1.31. The minimum atomic E-state index is -1.14. The first-order chi connectivity index (χ1) is 18.2. The summed E-state index contributed by atoms with van der Waals surface area (Å²) in [6.45, 7) is -0.0157. The van der Waals surface area contributed by atoms with Gasteiger partial charge >= 0.3 is 0 Å². The molecule has 2 aliphatic heterocycles. The number of aromatic nitrogens is 1. The molecular weight excluding hydrogens is 502 g/mol. The number of methoxy groups -OCH3 is 1. The number of halogens is 2. The maximum atomic E-state index is 14.5. The second kappa shape index (κ2) is 10.3. The molecule has 0 spiro atoms. The number of aliphatic hydroxyl groups is 1. The quantitative estimate of drug-likeness (QED) is 0.404. The molecule has 2 aromatic rings. The largest absolute Gasteiger partial charge is 0.496 e. The van der Waals surface area contributed by atoms with Gasteiger partial charge < -0.3 is 30.4 Å². The minimum absolute atomic E-state index is 0.0221. The summed E-state index contributed by atoms with van der Waals surface area (Å²) in [6, 6.07) is 0.308. The molecule has 3 fully saturated rings. The first kappa shape index (κ1) is 26.1. The number of carbonyl (C=O) groups is 4. The lowest BCUT2D eigenvalue weighted by Crippen LogP contribution is -2.53. The van der Waals surface area contributed by atoms with Crippen molar-refractivity contribution in [2.24, 2.45) is 17.8 Å². The summed E-state index contributed by atoms with van der Waals surface area (Å²) in [5, 5.41) is 15.1. The van der Waals surface area contributed by atoms with Crippen molar-refractivity contribution in [3.63, 3.8) is 0 Å². The van der Waals surface area contributed by atoms with Gasteiger partial charge in [0.1, 0.15) is 24.1 Å². The standard InChI is InChI=1S/C26H30F2N4O6/c1-38-20-9-16(27)21(28)22-15(20)8-18(30-22)26(37)32-10-13-3-2-4-14(13)23(32)25(36)31-17(19(34)11-33)7-12-5-6-29-24(12)35/h8-9,12-14,17,23,30,33H,2-7,10-11H2,1H3,(H,29,35)(H,31,36)/t12-,13-,14-,17?,23-/m0/s1. The molecule has 1 unspecified atom stereocenters. The third-order valence-electron chi connectivity index (χ3n) is 8.18. The Balaban J connectivity index is 1.42. The Morgan fingerprint density at radius 3 is 2.71 bits per heavy atom. The number of hydrogen-bond acceptors (Lipinski definition) is 6. The number of ether oxygens (including phenoxy) is 1. The Hall–Kier alpha value is -3.54. The van der Waals surface area contributed by atoms with Crippen LogP contribution in [0.2, 0.25) is 0 Å². The van der Waals surface area contributed by atoms with Crippen LogP contribution in [-0.4, -0.2) is 77.4 Å². The number of aliphatic hydroxyl groups excluding tert-OH is 1. The smallest absolute Gasteiger partial charge is 0.271 e. The van der Waals surface area contributed by atoms with Gasteiger partial charge in [0.15, 0.2) is 17.4 Å². The van der Waals surface area contributed by atoms with Gasteiger partial charge in [0, 0.05) is 30.5 Å². The van der Waals surface area contributed by atoms with Crippen LogP contribution in [0, 0.1) is 29.4 Å². The van der Waals surface area contributed by atoms with Crippen LogP contribution in [0.25, 0.3) is 10.9 Å². The van der Waals surface area contributed by atoms with Crippen molar-refractivity contribution >= 4 is 34.4 Å². The fraction of sp³-hybridized carbons (Fsp3) is 0.538. The van der Waals surface area contributed by atoms with Crippen molar-refractivity contribution in [2.45, 2.75) is 44.2 Å². The molecule has 38 heavy (non-hydrogen) atoms. The highest BCUT2D eigenvalue weighted by atomic mass is 19.2. The predicted octanol–water partition coefficient (Wildman–Crippen LogP) is 1.27. The van der Waals surface area contributed by atoms with Crippen LogP contribution in [0.15, 0.2) is 12.1 Å². The lowest BCUT2D eigenvalue weighted by atomic mass is 9.92. The summed E-state index contributed by atoms with van der Waals surface area (Å²) >= 11 is 0. The Bertz CT molecular complexity index is 1300. The van der Waals surface area contributed by atoms with Gasteiger partial charge in [0.05, 0.1) is 18.7 Å². The molecule has 1 saturated carbocycles. The molecule has 0 radical (unpaired) electrons. The molecule has 3 aliphatic rings. The number of nitrogens with one attached hydrogen (secondary N) is 3. The molecule has 5 rings (SSSR count). The number of hydrogen-bond donors (Lipinski definition) is 4. The Morgan fingerprint density at radius 2 is 2.03 bits per heavy atom. The molecular formula is C26H30F2N4O6. The first-order valence-corrected chi connectivity index (χ1v) is 12.8. The number of ketones is 1. The van der Waals surface area contributed by atoms with Crippen LogP contribution in [0.5, 0.6) is 5.75 Å². The highest BCUT2D eigenvalue weighted by molar-refractivity contribution is 6.02. The molecule has 5 atom stereocenters. The third kappa shape index (κ3) is 4.50. The Kier molecular flexibility index (Phi) is 7.08. The summed E-state index contributed by atoms with van der Waals surface area (Å²) in [4.78, 5) is 55.9. The van der Waals surface area contributed by atoms with E-state index in [9.17, 15) is 33.1 Å². The monoisotopic (exact) mass is 532 g/mol. The zero-order chi connectivity index (χ0) is 27.1. The van der Waals surface area contributed by atoms with E-state index < -0.39 is 53.8 Å². The second-order valence-corrected chi connectivity index (χ2v) is 10.3. The summed E-state index contributed by atoms with van der Waals surface area (Å²) in [6.07, 6.45) is 3.02. The number of Topliss-reactive ketones (excluding diaryl/α,β-unsaturated/α-hetero) is 1. The van der Waals surface area contributed by atoms with Gasteiger partial charge in [-0.25, -0.2) is 8.78 Å². The van der Waals surface area contributed by atoms with E-state index in [1.54, 1.807) is 0 Å². The number of rotatable bonds is 8. The van der Waals surface area contributed by atoms with Crippen molar-refractivity contribution in [3.8, 4) is 5.75 Å². The number of nitrogens with zero attached hydrogens (tertiary/aromatic N) is 1. The Labute approximate surface area is 217 Å². The number of fused-ring (bicyclic) bond motifs is 2. The maximum absolute atomic E-state index is 14.5. The first-order valence-electron chi connectivity index (χ1n) is 12.8. The van der Waals surface area contributed by atoms with Crippen molar-refractivity contribution in [1.29, 1.82) is 0 Å². The van der Waals surface area contributed by atoms with E-state index in [-0.39, 0.29) is 46.5 Å². The summed E-state index contributed by atoms with van der Waals surface area (Å²) in [5.74, 6) is -4.65. The van der Waals surface area contributed by atoms with Gasteiger partial charge in [-0.05, 0) is 43.6 Å². The molecule has 2 saturated heterocycles. The van der Waals surface area contributed by atoms with Crippen molar-refractivity contribution in [2.75, 3.05) is 26.8 Å². The molecule has 4 N–H and O–H groups in total. The van der Waals surface area contributed by atoms with Crippen LogP contribution in [0.1, 0.15) is 42.6 Å². The van der Waals surface area contributed by atoms with E-state index in [2.05, 4.69) is 15.6 Å². The molecule has 204 valence electrons. The van der Waals surface area contributed by atoms with Crippen molar-refractivity contribution in [1.82, 2.24) is 20.5 Å². The minimum Gasteiger partial charge on any atom is -0.496 e. The van der Waals surface area contributed by atoms with E-state index in [4.69, 9.17) is 4.74 Å². The molecule has 1 aliphatic carbocycles. The Morgan fingerprint density at radius 1 is 1.24 bits per heavy atom. The number of aromatic amines is 1. The van der Waals surface area contributed by atoms with E-state index >= 15 is 0 Å². The maximum Gasteiger partial charge on any atom is 0.271 e. The van der Waals surface area contributed by atoms with Crippen LogP contribution in [-0.2, 0) is 14.4 Å². The summed E-state index contributed by atoms with van der Waals surface area (Å²) < 4.78 is 33.6. The van der Waals surface area contributed by atoms with Gasteiger partial charge in [0.2, 0.25) is 11.8 Å². The number of likely N-dealkylation sites (tertiary alicyclic amines) is 1. The fourth-order valence-corrected chi connectivity index (χ4v) is 6.28. The van der Waals surface area contributed by atoms with Crippen molar-refractivity contribution in [3.05, 3.63) is 29.5 Å². The molecule has 1 aromatic carbocycles. The van der Waals surface area contributed by atoms with E-state index in [1.165, 1.54) is 18.1 Å². The molecule has 1 aromatic heterocycles.